The second-order valence-corrected chi connectivity index (χ2v) is 6.75. The van der Waals surface area contributed by atoms with Crippen LogP contribution in [0, 0.1) is 0 Å². The van der Waals surface area contributed by atoms with E-state index in [0.29, 0.717) is 60.2 Å². The van der Waals surface area contributed by atoms with Gasteiger partial charge in [-0.3, -0.25) is 9.59 Å². The molecule has 2 aromatic carbocycles. The van der Waals surface area contributed by atoms with Gasteiger partial charge in [0.05, 0.1) is 44.3 Å². The smallest absolute Gasteiger partial charge is 0.267 e. The third-order valence-corrected chi connectivity index (χ3v) is 5.07. The highest BCUT2D eigenvalue weighted by molar-refractivity contribution is 6.41. The normalized spacial score (nSPS) is 18.1. The lowest BCUT2D eigenvalue weighted by Gasteiger charge is -2.31. The maximum absolute atomic E-state index is 13.4. The molecule has 2 aromatic rings. The lowest BCUT2D eigenvalue weighted by Crippen LogP contribution is -2.43. The van der Waals surface area contributed by atoms with Crippen LogP contribution in [0.5, 0.6) is 11.5 Å². The minimum atomic E-state index is -0.381. The lowest BCUT2D eigenvalue weighted by atomic mass is 9.93. The summed E-state index contributed by atoms with van der Waals surface area (Å²) in [4.78, 5) is 29.9. The molecule has 7 nitrogen and oxygen atoms in total. The van der Waals surface area contributed by atoms with Gasteiger partial charge in [0.25, 0.3) is 11.8 Å². The molecule has 7 heteroatoms. The first-order valence-corrected chi connectivity index (χ1v) is 9.37. The minimum Gasteiger partial charge on any atom is -0.497 e. The molecule has 0 atom stereocenters. The average molecular weight is 394 g/mol. The predicted molar refractivity (Wildman–Crippen MR) is 108 cm³/mol. The molecule has 2 aliphatic rings. The van der Waals surface area contributed by atoms with E-state index < -0.39 is 0 Å². The van der Waals surface area contributed by atoms with Gasteiger partial charge in [-0.2, -0.15) is 0 Å². The van der Waals surface area contributed by atoms with Crippen molar-refractivity contribution in [2.24, 2.45) is 0 Å². The molecular weight excluding hydrogens is 372 g/mol. The Hall–Kier alpha value is -3.32. The Labute approximate surface area is 169 Å². The van der Waals surface area contributed by atoms with Crippen molar-refractivity contribution >= 4 is 23.1 Å². The molecular formula is C22H22N2O5. The van der Waals surface area contributed by atoms with E-state index in [1.54, 1.807) is 56.7 Å². The van der Waals surface area contributed by atoms with Crippen LogP contribution < -0.4 is 14.4 Å². The zero-order valence-electron chi connectivity index (χ0n) is 16.4. The fourth-order valence-electron chi connectivity index (χ4n) is 3.49. The van der Waals surface area contributed by atoms with Gasteiger partial charge in [-0.25, -0.2) is 4.90 Å². The van der Waals surface area contributed by atoms with Crippen molar-refractivity contribution in [3.05, 3.63) is 59.8 Å². The largest absolute Gasteiger partial charge is 0.497 e. The topological polar surface area (TPSA) is 68.3 Å². The monoisotopic (exact) mass is 394 g/mol. The van der Waals surface area contributed by atoms with Gasteiger partial charge in [0, 0.05) is 24.9 Å². The van der Waals surface area contributed by atoms with Gasteiger partial charge in [0.2, 0.25) is 0 Å². The van der Waals surface area contributed by atoms with Crippen LogP contribution in [0.1, 0.15) is 15.9 Å². The molecule has 150 valence electrons. The number of morpholine rings is 1. The molecule has 0 unspecified atom stereocenters. The zero-order chi connectivity index (χ0) is 20.4. The fourth-order valence-corrected chi connectivity index (χ4v) is 3.49. The zero-order valence-corrected chi connectivity index (χ0v) is 16.4. The molecule has 0 N–H and O–H groups in total. The minimum absolute atomic E-state index is 0.357. The van der Waals surface area contributed by atoms with Crippen LogP contribution in [0.15, 0.2) is 48.7 Å². The van der Waals surface area contributed by atoms with Crippen LogP contribution in [0.4, 0.5) is 5.69 Å². The van der Waals surface area contributed by atoms with Gasteiger partial charge in [0.1, 0.15) is 11.5 Å². The number of ether oxygens (including phenoxy) is 3. The van der Waals surface area contributed by atoms with E-state index in [2.05, 4.69) is 0 Å². The molecule has 0 radical (unpaired) electrons. The molecule has 2 amide bonds. The summed E-state index contributed by atoms with van der Waals surface area (Å²) in [6, 6.07) is 12.0. The Morgan fingerprint density at radius 2 is 1.52 bits per heavy atom. The van der Waals surface area contributed by atoms with Crippen molar-refractivity contribution in [1.29, 1.82) is 0 Å². The van der Waals surface area contributed by atoms with Crippen molar-refractivity contribution in [2.45, 2.75) is 0 Å². The first kappa shape index (κ1) is 19.0. The number of carbonyl (C=O) groups excluding carboxylic acids is 2. The Bertz CT molecular complexity index is 962. The predicted octanol–water partition coefficient (Wildman–Crippen LogP) is 2.56. The molecule has 0 spiro atoms. The number of hydrogen-bond acceptors (Lipinski definition) is 6. The van der Waals surface area contributed by atoms with E-state index in [1.165, 1.54) is 4.90 Å². The van der Waals surface area contributed by atoms with Gasteiger partial charge in [-0.15, -0.1) is 0 Å². The van der Waals surface area contributed by atoms with Crippen molar-refractivity contribution < 1.29 is 23.8 Å². The third kappa shape index (κ3) is 3.56. The van der Waals surface area contributed by atoms with E-state index in [1.807, 2.05) is 11.1 Å². The van der Waals surface area contributed by atoms with Gasteiger partial charge in [-0.1, -0.05) is 0 Å². The highest BCUT2D eigenvalue weighted by atomic mass is 16.5. The number of benzene rings is 2. The van der Waals surface area contributed by atoms with Crippen LogP contribution in [-0.4, -0.2) is 57.2 Å². The number of amides is 2. The van der Waals surface area contributed by atoms with Crippen LogP contribution in [0.2, 0.25) is 0 Å². The van der Waals surface area contributed by atoms with E-state index >= 15 is 0 Å². The number of imide groups is 1. The van der Waals surface area contributed by atoms with Crippen LogP contribution in [-0.2, 0) is 9.53 Å². The third-order valence-electron chi connectivity index (χ3n) is 5.07. The average Bonchev–Trinajstić information content (AvgIpc) is 2.77. The molecule has 1 fully saturated rings. The summed E-state index contributed by atoms with van der Waals surface area (Å²) in [7, 11) is 3.11. The molecule has 0 bridgehead atoms. The maximum Gasteiger partial charge on any atom is 0.267 e. The van der Waals surface area contributed by atoms with E-state index in [-0.39, 0.29) is 11.8 Å². The summed E-state index contributed by atoms with van der Waals surface area (Å²) >= 11 is 0. The highest BCUT2D eigenvalue weighted by Gasteiger charge is 2.36. The Balaban J connectivity index is 1.82. The number of hydrogen-bond donors (Lipinski definition) is 0. The quantitative estimate of drug-likeness (QED) is 0.587. The second kappa shape index (κ2) is 7.97. The van der Waals surface area contributed by atoms with E-state index in [9.17, 15) is 9.59 Å². The SMILES string of the molecule is COc1ccc(N2C(=O)C(=CN3CCOCC3)c3ccc(OC)cc3C2=O)cc1. The van der Waals surface area contributed by atoms with Gasteiger partial charge in [-0.05, 0) is 42.5 Å². The number of nitrogens with zero attached hydrogens (tertiary/aromatic N) is 2. The second-order valence-electron chi connectivity index (χ2n) is 6.75. The molecule has 29 heavy (non-hydrogen) atoms. The Morgan fingerprint density at radius 3 is 2.17 bits per heavy atom. The summed E-state index contributed by atoms with van der Waals surface area (Å²) < 4.78 is 15.9. The first-order valence-electron chi connectivity index (χ1n) is 9.37. The Morgan fingerprint density at radius 1 is 0.862 bits per heavy atom. The number of anilines is 1. The van der Waals surface area contributed by atoms with Gasteiger partial charge < -0.3 is 19.1 Å². The maximum atomic E-state index is 13.4. The number of carbonyl (C=O) groups is 2. The van der Waals surface area contributed by atoms with Crippen molar-refractivity contribution in [3.63, 3.8) is 0 Å². The number of methoxy groups -OCH3 is 2. The lowest BCUT2D eigenvalue weighted by molar-refractivity contribution is -0.112. The molecule has 0 aliphatic carbocycles. The van der Waals surface area contributed by atoms with E-state index in [0.717, 1.165) is 0 Å². The molecule has 2 aliphatic heterocycles. The van der Waals surface area contributed by atoms with Crippen LogP contribution in [0.3, 0.4) is 0 Å². The van der Waals surface area contributed by atoms with Crippen molar-refractivity contribution in [2.75, 3.05) is 45.4 Å². The molecule has 2 heterocycles. The van der Waals surface area contributed by atoms with Crippen molar-refractivity contribution in [3.8, 4) is 11.5 Å². The summed E-state index contributed by atoms with van der Waals surface area (Å²) in [5.74, 6) is 0.473. The molecule has 1 saturated heterocycles. The van der Waals surface area contributed by atoms with E-state index in [4.69, 9.17) is 14.2 Å². The first-order chi connectivity index (χ1) is 14.1. The van der Waals surface area contributed by atoms with Crippen LogP contribution >= 0.6 is 0 Å². The van der Waals surface area contributed by atoms with Crippen molar-refractivity contribution in [1.82, 2.24) is 4.90 Å². The molecule has 0 aromatic heterocycles. The summed E-state index contributed by atoms with van der Waals surface area (Å²) in [5, 5.41) is 0. The van der Waals surface area contributed by atoms with Crippen LogP contribution in [0.25, 0.3) is 5.57 Å². The summed E-state index contributed by atoms with van der Waals surface area (Å²) in [6.07, 6.45) is 1.83. The summed E-state index contributed by atoms with van der Waals surface area (Å²) in [6.45, 7) is 2.60. The molecule has 4 rings (SSSR count). The number of rotatable bonds is 4. The molecule has 0 saturated carbocycles. The van der Waals surface area contributed by atoms with Gasteiger partial charge in [0.15, 0.2) is 0 Å². The fraction of sp³-hybridized carbons (Fsp3) is 0.273. The van der Waals surface area contributed by atoms with Gasteiger partial charge >= 0.3 is 0 Å². The highest BCUT2D eigenvalue weighted by Crippen LogP contribution is 2.35. The number of fused-ring (bicyclic) bond motifs is 1. The Kier molecular flexibility index (Phi) is 5.22. The summed E-state index contributed by atoms with van der Waals surface area (Å²) in [5.41, 5.74) is 2.00. The standard InChI is InChI=1S/C22H22N2O5/c1-27-16-5-3-15(4-6-16)24-21(25)19-13-17(28-2)7-8-18(19)20(22(24)26)14-23-9-11-29-12-10-23/h3-8,13-14H,9-12H2,1-2H3.